The average molecular weight is 279 g/mol. The fourth-order valence-corrected chi connectivity index (χ4v) is 2.70. The second kappa shape index (κ2) is 5.31. The van der Waals surface area contributed by atoms with Gasteiger partial charge in [0.05, 0.1) is 5.56 Å². The maximum atomic E-state index is 11.4. The first kappa shape index (κ1) is 13.4. The lowest BCUT2D eigenvalue weighted by Gasteiger charge is -2.05. The van der Waals surface area contributed by atoms with Crippen LogP contribution in [0.3, 0.4) is 0 Å². The number of nitrogens with zero attached hydrogens (tertiary/aromatic N) is 2. The number of H-pyrrole nitrogens is 1. The van der Waals surface area contributed by atoms with E-state index in [4.69, 9.17) is 5.11 Å². The van der Waals surface area contributed by atoms with Gasteiger partial charge in [0.15, 0.2) is 5.16 Å². The summed E-state index contributed by atoms with van der Waals surface area (Å²) in [7, 11) is 0. The Morgan fingerprint density at radius 2 is 2.26 bits per heavy atom. The molecule has 0 aliphatic heterocycles. The van der Waals surface area contributed by atoms with E-state index < -0.39 is 5.97 Å². The zero-order chi connectivity index (χ0) is 14.0. The van der Waals surface area contributed by atoms with Crippen LogP contribution in [0.15, 0.2) is 33.0 Å². The summed E-state index contributed by atoms with van der Waals surface area (Å²) in [6.45, 7) is 4.13. The Balaban J connectivity index is 2.31. The highest BCUT2D eigenvalue weighted by Crippen LogP contribution is 2.26. The van der Waals surface area contributed by atoms with Gasteiger partial charge < -0.3 is 5.11 Å². The Morgan fingerprint density at radius 3 is 2.84 bits per heavy atom. The summed E-state index contributed by atoms with van der Waals surface area (Å²) in [5.74, 6) is -0.945. The topological polar surface area (TPSA) is 88.0 Å². The molecule has 100 valence electrons. The van der Waals surface area contributed by atoms with E-state index in [1.54, 1.807) is 25.1 Å². The first-order chi connectivity index (χ1) is 9.02. The molecule has 0 bridgehead atoms. The summed E-state index contributed by atoms with van der Waals surface area (Å²) in [5.41, 5.74) is 0.710. The number of rotatable bonds is 4. The Morgan fingerprint density at radius 1 is 1.53 bits per heavy atom. The molecule has 0 fully saturated rings. The smallest absolute Gasteiger partial charge is 0.343 e. The molecule has 1 aromatic heterocycles. The standard InChI is InChI=1S/C12H13N3O3S/c1-3-15-11(18)13-14-12(15)19-8-4-5-9(10(16)17)7(2)6-8/h4-6H,3H2,1-2H3,(H,13,18)(H,16,17). The summed E-state index contributed by atoms with van der Waals surface area (Å²) in [5, 5.41) is 15.9. The first-order valence-corrected chi connectivity index (χ1v) is 6.51. The van der Waals surface area contributed by atoms with E-state index in [0.29, 0.717) is 17.3 Å². The second-order valence-corrected chi connectivity index (χ2v) is 4.98. The molecule has 0 unspecified atom stereocenters. The zero-order valence-electron chi connectivity index (χ0n) is 10.5. The number of aromatic amines is 1. The minimum Gasteiger partial charge on any atom is -0.478 e. The van der Waals surface area contributed by atoms with Crippen molar-refractivity contribution in [3.8, 4) is 0 Å². The third kappa shape index (κ3) is 2.70. The van der Waals surface area contributed by atoms with E-state index in [0.717, 1.165) is 4.90 Å². The Hall–Kier alpha value is -2.02. The van der Waals surface area contributed by atoms with Crippen LogP contribution in [0.2, 0.25) is 0 Å². The normalized spacial score (nSPS) is 10.6. The number of aromatic nitrogens is 3. The lowest BCUT2D eigenvalue weighted by Crippen LogP contribution is -2.16. The minimum atomic E-state index is -0.945. The van der Waals surface area contributed by atoms with Crippen LogP contribution < -0.4 is 5.69 Å². The van der Waals surface area contributed by atoms with E-state index in [1.807, 2.05) is 6.92 Å². The van der Waals surface area contributed by atoms with Gasteiger partial charge >= 0.3 is 11.7 Å². The van der Waals surface area contributed by atoms with Gasteiger partial charge in [-0.3, -0.25) is 4.57 Å². The van der Waals surface area contributed by atoms with Crippen LogP contribution >= 0.6 is 11.8 Å². The van der Waals surface area contributed by atoms with Gasteiger partial charge in [0.1, 0.15) is 0 Å². The van der Waals surface area contributed by atoms with Gasteiger partial charge in [-0.1, -0.05) is 0 Å². The van der Waals surface area contributed by atoms with Crippen LogP contribution in [0, 0.1) is 6.92 Å². The number of aryl methyl sites for hydroxylation is 1. The number of carboxylic acid groups (broad SMARTS) is 1. The van der Waals surface area contributed by atoms with Crippen molar-refractivity contribution >= 4 is 17.7 Å². The van der Waals surface area contributed by atoms with E-state index in [1.165, 1.54) is 16.3 Å². The molecule has 0 atom stereocenters. The molecular formula is C12H13N3O3S. The molecule has 1 aromatic carbocycles. The monoisotopic (exact) mass is 279 g/mol. The predicted molar refractivity (Wildman–Crippen MR) is 70.8 cm³/mol. The van der Waals surface area contributed by atoms with E-state index in [2.05, 4.69) is 10.2 Å². The lowest BCUT2D eigenvalue weighted by atomic mass is 10.1. The third-order valence-electron chi connectivity index (χ3n) is 2.68. The number of aromatic carboxylic acids is 1. The molecule has 0 spiro atoms. The molecule has 2 N–H and O–H groups in total. The highest BCUT2D eigenvalue weighted by molar-refractivity contribution is 7.99. The van der Waals surface area contributed by atoms with Gasteiger partial charge in [-0.25, -0.2) is 14.7 Å². The van der Waals surface area contributed by atoms with Crippen molar-refractivity contribution < 1.29 is 9.90 Å². The number of benzene rings is 1. The van der Waals surface area contributed by atoms with Crippen molar-refractivity contribution in [2.75, 3.05) is 0 Å². The predicted octanol–water partition coefficient (Wildman–Crippen LogP) is 1.75. The summed E-state index contributed by atoms with van der Waals surface area (Å²) in [6.07, 6.45) is 0. The number of hydrogen-bond donors (Lipinski definition) is 2. The molecule has 6 nitrogen and oxygen atoms in total. The molecule has 19 heavy (non-hydrogen) atoms. The first-order valence-electron chi connectivity index (χ1n) is 5.70. The van der Waals surface area contributed by atoms with Crippen molar-refractivity contribution in [1.29, 1.82) is 0 Å². The van der Waals surface area contributed by atoms with Crippen LogP contribution in [-0.4, -0.2) is 25.8 Å². The molecule has 0 saturated carbocycles. The van der Waals surface area contributed by atoms with Gasteiger partial charge in [0, 0.05) is 11.4 Å². The van der Waals surface area contributed by atoms with Crippen molar-refractivity contribution in [3.05, 3.63) is 39.8 Å². The van der Waals surface area contributed by atoms with Gasteiger partial charge in [0.2, 0.25) is 0 Å². The van der Waals surface area contributed by atoms with Gasteiger partial charge in [-0.05, 0) is 49.4 Å². The molecule has 0 amide bonds. The quantitative estimate of drug-likeness (QED) is 0.890. The van der Waals surface area contributed by atoms with Crippen LogP contribution in [0.4, 0.5) is 0 Å². The van der Waals surface area contributed by atoms with Crippen molar-refractivity contribution in [1.82, 2.24) is 14.8 Å². The summed E-state index contributed by atoms with van der Waals surface area (Å²) in [4.78, 5) is 23.2. The van der Waals surface area contributed by atoms with Crippen molar-refractivity contribution in [2.45, 2.75) is 30.4 Å². The highest BCUT2D eigenvalue weighted by atomic mass is 32.2. The largest absolute Gasteiger partial charge is 0.478 e. The molecule has 7 heteroatoms. The average Bonchev–Trinajstić information content (AvgIpc) is 2.69. The molecular weight excluding hydrogens is 266 g/mol. The number of carboxylic acids is 1. The molecule has 1 heterocycles. The van der Waals surface area contributed by atoms with Crippen LogP contribution in [-0.2, 0) is 6.54 Å². The highest BCUT2D eigenvalue weighted by Gasteiger charge is 2.11. The van der Waals surface area contributed by atoms with Crippen molar-refractivity contribution in [2.24, 2.45) is 0 Å². The molecule has 0 aliphatic rings. The van der Waals surface area contributed by atoms with Gasteiger partial charge in [-0.2, -0.15) is 0 Å². The fourth-order valence-electron chi connectivity index (χ4n) is 1.71. The Kier molecular flexibility index (Phi) is 3.75. The summed E-state index contributed by atoms with van der Waals surface area (Å²) >= 11 is 1.32. The molecule has 0 aliphatic carbocycles. The third-order valence-corrected chi connectivity index (χ3v) is 3.66. The molecule has 0 saturated heterocycles. The number of hydrogen-bond acceptors (Lipinski definition) is 4. The lowest BCUT2D eigenvalue weighted by molar-refractivity contribution is 0.0696. The maximum Gasteiger partial charge on any atom is 0.343 e. The van der Waals surface area contributed by atoms with E-state index in [9.17, 15) is 9.59 Å². The Bertz CT molecular complexity index is 675. The van der Waals surface area contributed by atoms with E-state index >= 15 is 0 Å². The van der Waals surface area contributed by atoms with Gasteiger partial charge in [-0.15, -0.1) is 5.10 Å². The SMILES string of the molecule is CCn1c(Sc2ccc(C(=O)O)c(C)c2)n[nH]c1=O. The molecule has 0 radical (unpaired) electrons. The van der Waals surface area contributed by atoms with E-state index in [-0.39, 0.29) is 11.3 Å². The summed E-state index contributed by atoms with van der Waals surface area (Å²) < 4.78 is 1.52. The van der Waals surface area contributed by atoms with Gasteiger partial charge in [0.25, 0.3) is 0 Å². The summed E-state index contributed by atoms with van der Waals surface area (Å²) in [6, 6.07) is 5.04. The Labute approximate surface area is 113 Å². The van der Waals surface area contributed by atoms with Crippen LogP contribution in [0.25, 0.3) is 0 Å². The maximum absolute atomic E-state index is 11.4. The van der Waals surface area contributed by atoms with Crippen LogP contribution in [0.1, 0.15) is 22.8 Å². The number of nitrogens with one attached hydrogen (secondary N) is 1. The number of carbonyl (C=O) groups is 1. The second-order valence-electron chi connectivity index (χ2n) is 3.94. The fraction of sp³-hybridized carbons (Fsp3) is 0.250. The zero-order valence-corrected chi connectivity index (χ0v) is 11.3. The van der Waals surface area contributed by atoms with Crippen molar-refractivity contribution in [3.63, 3.8) is 0 Å². The molecule has 2 aromatic rings. The molecule has 2 rings (SSSR count). The minimum absolute atomic E-state index is 0.246. The van der Waals surface area contributed by atoms with Crippen LogP contribution in [0.5, 0.6) is 0 Å².